The Morgan fingerprint density at radius 1 is 1.06 bits per heavy atom. The van der Waals surface area contributed by atoms with E-state index in [1.165, 1.54) is 6.42 Å². The molecule has 3 aromatic heterocycles. The number of morpholine rings is 1. The number of anilines is 1. The Kier molecular flexibility index (Phi) is 6.91. The fourth-order valence-electron chi connectivity index (χ4n) is 5.35. The molecule has 1 aromatic carbocycles. The lowest BCUT2D eigenvalue weighted by Gasteiger charge is -2.26. The van der Waals surface area contributed by atoms with E-state index in [9.17, 15) is 0 Å². The summed E-state index contributed by atoms with van der Waals surface area (Å²) in [5.74, 6) is 1.83. The van der Waals surface area contributed by atoms with Gasteiger partial charge in [-0.25, -0.2) is 15.0 Å². The number of fused-ring (bicyclic) bond motifs is 2. The zero-order valence-electron chi connectivity index (χ0n) is 20.6. The number of rotatable bonds is 9. The van der Waals surface area contributed by atoms with Crippen molar-refractivity contribution in [1.82, 2.24) is 29.8 Å². The van der Waals surface area contributed by atoms with Gasteiger partial charge in [0.1, 0.15) is 24.2 Å². The highest BCUT2D eigenvalue weighted by Crippen LogP contribution is 2.30. The average molecular weight is 488 g/mol. The molecule has 0 radical (unpaired) electrons. The molecule has 6 rings (SSSR count). The van der Waals surface area contributed by atoms with Crippen molar-refractivity contribution in [2.75, 3.05) is 50.9 Å². The van der Waals surface area contributed by atoms with E-state index in [4.69, 9.17) is 14.5 Å². The van der Waals surface area contributed by atoms with Crippen molar-refractivity contribution in [2.24, 2.45) is 0 Å². The molecule has 2 aliphatic rings. The topological polar surface area (TPSA) is 92.3 Å². The second-order valence-corrected chi connectivity index (χ2v) is 9.64. The zero-order chi connectivity index (χ0) is 24.2. The first-order valence-electron chi connectivity index (χ1n) is 13.1. The van der Waals surface area contributed by atoms with E-state index in [1.807, 2.05) is 6.07 Å². The van der Waals surface area contributed by atoms with E-state index in [0.717, 1.165) is 98.8 Å². The summed E-state index contributed by atoms with van der Waals surface area (Å²) >= 11 is 0. The Balaban J connectivity index is 1.14. The number of hydrogen-bond acceptors (Lipinski definition) is 8. The number of nitrogens with one attached hydrogen (secondary N) is 1. The van der Waals surface area contributed by atoms with Gasteiger partial charge in [0.2, 0.25) is 0 Å². The second-order valence-electron chi connectivity index (χ2n) is 9.64. The third kappa shape index (κ3) is 4.99. The van der Waals surface area contributed by atoms with Crippen molar-refractivity contribution in [3.05, 3.63) is 48.7 Å². The van der Waals surface area contributed by atoms with E-state index < -0.39 is 0 Å². The van der Waals surface area contributed by atoms with Crippen LogP contribution in [0.3, 0.4) is 0 Å². The third-order valence-electron chi connectivity index (χ3n) is 7.28. The minimum Gasteiger partial charge on any atom is -0.491 e. The Bertz CT molecular complexity index is 1300. The Morgan fingerprint density at radius 2 is 1.97 bits per heavy atom. The number of aromatic nitrogens is 5. The Hall–Kier alpha value is -3.30. The van der Waals surface area contributed by atoms with Gasteiger partial charge in [0, 0.05) is 36.8 Å². The Morgan fingerprint density at radius 3 is 2.92 bits per heavy atom. The van der Waals surface area contributed by atoms with Gasteiger partial charge in [0.05, 0.1) is 31.1 Å². The number of imidazole rings is 1. The van der Waals surface area contributed by atoms with Gasteiger partial charge in [0.15, 0.2) is 11.5 Å². The highest BCUT2D eigenvalue weighted by Gasteiger charge is 2.28. The number of pyridine rings is 1. The summed E-state index contributed by atoms with van der Waals surface area (Å²) in [6.07, 6.45) is 8.69. The van der Waals surface area contributed by atoms with Crippen LogP contribution >= 0.6 is 0 Å². The molecule has 2 aliphatic heterocycles. The maximum absolute atomic E-state index is 6.52. The number of benzene rings is 1. The lowest BCUT2D eigenvalue weighted by Crippen LogP contribution is -2.36. The van der Waals surface area contributed by atoms with E-state index in [0.29, 0.717) is 12.3 Å². The molecular formula is C27H33N7O2. The van der Waals surface area contributed by atoms with Crippen molar-refractivity contribution in [1.29, 1.82) is 0 Å². The van der Waals surface area contributed by atoms with Gasteiger partial charge >= 0.3 is 0 Å². The van der Waals surface area contributed by atoms with Crippen LogP contribution < -0.4 is 9.64 Å². The zero-order valence-corrected chi connectivity index (χ0v) is 20.6. The first-order chi connectivity index (χ1) is 17.8. The van der Waals surface area contributed by atoms with Crippen molar-refractivity contribution in [3.63, 3.8) is 0 Å². The van der Waals surface area contributed by atoms with Crippen LogP contribution in [0.2, 0.25) is 0 Å². The molecule has 2 fully saturated rings. The summed E-state index contributed by atoms with van der Waals surface area (Å²) in [7, 11) is 0. The van der Waals surface area contributed by atoms with Crippen LogP contribution in [0.4, 0.5) is 5.82 Å². The maximum Gasteiger partial charge on any atom is 0.182 e. The molecule has 188 valence electrons. The van der Waals surface area contributed by atoms with Crippen molar-refractivity contribution < 1.29 is 9.47 Å². The van der Waals surface area contributed by atoms with Crippen molar-refractivity contribution in [3.8, 4) is 5.75 Å². The first kappa shape index (κ1) is 23.1. The van der Waals surface area contributed by atoms with Crippen LogP contribution in [0.15, 0.2) is 43.0 Å². The fourth-order valence-corrected chi connectivity index (χ4v) is 5.35. The molecule has 0 spiro atoms. The first-order valence-corrected chi connectivity index (χ1v) is 13.1. The number of ether oxygens (including phenoxy) is 2. The van der Waals surface area contributed by atoms with Gasteiger partial charge in [-0.05, 0) is 50.8 Å². The Labute approximate surface area is 210 Å². The van der Waals surface area contributed by atoms with Gasteiger partial charge in [-0.3, -0.25) is 9.88 Å². The van der Waals surface area contributed by atoms with Crippen LogP contribution in [-0.4, -0.2) is 81.9 Å². The quantitative estimate of drug-likeness (QED) is 0.358. The number of aryl methyl sites for hydroxylation is 1. The molecule has 0 aliphatic carbocycles. The van der Waals surface area contributed by atoms with Gasteiger partial charge in [0.25, 0.3) is 0 Å². The molecular weight excluding hydrogens is 454 g/mol. The molecule has 0 bridgehead atoms. The lowest BCUT2D eigenvalue weighted by molar-refractivity contribution is 0.0372. The van der Waals surface area contributed by atoms with Gasteiger partial charge < -0.3 is 19.4 Å². The van der Waals surface area contributed by atoms with E-state index in [-0.39, 0.29) is 6.04 Å². The minimum atomic E-state index is 0.246. The summed E-state index contributed by atoms with van der Waals surface area (Å²) in [6.45, 7) is 6.49. The van der Waals surface area contributed by atoms with E-state index in [1.54, 1.807) is 12.7 Å². The molecule has 0 amide bonds. The average Bonchev–Trinajstić information content (AvgIpc) is 3.60. The maximum atomic E-state index is 6.52. The van der Waals surface area contributed by atoms with Crippen molar-refractivity contribution >= 4 is 27.9 Å². The summed E-state index contributed by atoms with van der Waals surface area (Å²) in [5, 5.41) is 1.07. The predicted molar refractivity (Wildman–Crippen MR) is 139 cm³/mol. The molecule has 5 heterocycles. The molecule has 1 atom stereocenters. The molecule has 0 saturated carbocycles. The molecule has 9 heteroatoms. The molecule has 4 aromatic rings. The molecule has 0 unspecified atom stereocenters. The fraction of sp³-hybridized carbons (Fsp3) is 0.481. The number of H-pyrrole nitrogens is 1. The van der Waals surface area contributed by atoms with Crippen LogP contribution in [0.25, 0.3) is 22.1 Å². The molecule has 1 N–H and O–H groups in total. The van der Waals surface area contributed by atoms with Crippen LogP contribution in [-0.2, 0) is 11.2 Å². The van der Waals surface area contributed by atoms with Crippen LogP contribution in [0, 0.1) is 0 Å². The largest absolute Gasteiger partial charge is 0.491 e. The second kappa shape index (κ2) is 10.8. The highest BCUT2D eigenvalue weighted by molar-refractivity contribution is 5.85. The van der Waals surface area contributed by atoms with Crippen molar-refractivity contribution in [2.45, 2.75) is 38.1 Å². The number of aromatic amines is 1. The molecule has 9 nitrogen and oxygen atoms in total. The highest BCUT2D eigenvalue weighted by atomic mass is 16.5. The van der Waals surface area contributed by atoms with Crippen LogP contribution in [0.1, 0.15) is 31.4 Å². The number of unbranched alkanes of at least 4 members (excludes halogenated alkanes) is 1. The standard InChI is InChI=1S/C27H33N7O2/c1-2-9-23-22(8-1)24(16-20(32-23)6-3-4-10-33-12-14-35-15-13-33)36-17-21-7-5-11-34(21)27-25-26(29-18-28-25)30-19-31-27/h1-2,8-9,16,18-19,21H,3-7,10-15,17H2,(H,28,29,30,31)/t21-/m1/s1. The van der Waals surface area contributed by atoms with Crippen LogP contribution in [0.5, 0.6) is 5.75 Å². The monoisotopic (exact) mass is 487 g/mol. The third-order valence-corrected chi connectivity index (χ3v) is 7.28. The number of hydrogen-bond donors (Lipinski definition) is 1. The summed E-state index contributed by atoms with van der Waals surface area (Å²) < 4.78 is 12.0. The number of nitrogens with zero attached hydrogens (tertiary/aromatic N) is 6. The molecule has 2 saturated heterocycles. The minimum absolute atomic E-state index is 0.246. The predicted octanol–water partition coefficient (Wildman–Crippen LogP) is 3.60. The SMILES string of the molecule is c1ccc2c(OC[C@H]3CCCN3c3ncnc4nc[nH]c34)cc(CCCCN3CCOCC3)nc2c1. The molecule has 36 heavy (non-hydrogen) atoms. The van der Waals surface area contributed by atoms with E-state index in [2.05, 4.69) is 54.0 Å². The van der Waals surface area contributed by atoms with E-state index >= 15 is 0 Å². The van der Waals surface area contributed by atoms with Gasteiger partial charge in [-0.2, -0.15) is 0 Å². The summed E-state index contributed by atoms with van der Waals surface area (Å²) in [6, 6.07) is 10.7. The summed E-state index contributed by atoms with van der Waals surface area (Å²) in [4.78, 5) is 26.1. The smallest absolute Gasteiger partial charge is 0.182 e. The normalized spacial score (nSPS) is 18.9. The number of para-hydroxylation sites is 1. The van der Waals surface area contributed by atoms with Gasteiger partial charge in [-0.1, -0.05) is 12.1 Å². The lowest BCUT2D eigenvalue weighted by atomic mass is 10.1. The summed E-state index contributed by atoms with van der Waals surface area (Å²) in [5.41, 5.74) is 3.68. The van der Waals surface area contributed by atoms with Gasteiger partial charge in [-0.15, -0.1) is 0 Å².